The van der Waals surface area contributed by atoms with Crippen molar-refractivity contribution >= 4 is 18.3 Å². The minimum atomic E-state index is -4.40. The van der Waals surface area contributed by atoms with E-state index < -0.39 is 17.7 Å². The van der Waals surface area contributed by atoms with Crippen molar-refractivity contribution in [1.29, 1.82) is 0 Å². The number of alkyl halides is 3. The molecule has 0 radical (unpaired) electrons. The van der Waals surface area contributed by atoms with Crippen molar-refractivity contribution in [3.63, 3.8) is 0 Å². The predicted molar refractivity (Wildman–Crippen MR) is 90.3 cm³/mol. The fourth-order valence-corrected chi connectivity index (χ4v) is 3.07. The van der Waals surface area contributed by atoms with Crippen molar-refractivity contribution in [3.8, 4) is 0 Å². The maximum absolute atomic E-state index is 13.1. The van der Waals surface area contributed by atoms with Crippen molar-refractivity contribution in [2.24, 2.45) is 5.92 Å². The van der Waals surface area contributed by atoms with Gasteiger partial charge in [-0.2, -0.15) is 13.2 Å². The fourth-order valence-electron chi connectivity index (χ4n) is 3.07. The summed E-state index contributed by atoms with van der Waals surface area (Å²) >= 11 is 0. The highest BCUT2D eigenvalue weighted by Crippen LogP contribution is 2.35. The third kappa shape index (κ3) is 5.38. The van der Waals surface area contributed by atoms with Crippen LogP contribution in [0.4, 0.5) is 13.2 Å². The zero-order chi connectivity index (χ0) is 17.0. The van der Waals surface area contributed by atoms with Crippen molar-refractivity contribution in [1.82, 2.24) is 10.6 Å². The monoisotopic (exact) mass is 364 g/mol. The Balaban J connectivity index is 0.00000288. The third-order valence-electron chi connectivity index (χ3n) is 4.42. The van der Waals surface area contributed by atoms with Gasteiger partial charge in [0.1, 0.15) is 0 Å². The Morgan fingerprint density at radius 1 is 1.38 bits per heavy atom. The summed E-state index contributed by atoms with van der Waals surface area (Å²) in [6.07, 6.45) is -3.49. The Morgan fingerprint density at radius 3 is 2.67 bits per heavy atom. The van der Waals surface area contributed by atoms with Crippen LogP contribution in [0, 0.1) is 5.92 Å². The molecule has 136 valence electrons. The molecular weight excluding hydrogens is 341 g/mol. The highest BCUT2D eigenvalue weighted by Gasteiger charge is 2.34. The largest absolute Gasteiger partial charge is 0.416 e. The van der Waals surface area contributed by atoms with Crippen LogP contribution in [0.15, 0.2) is 24.3 Å². The zero-order valence-corrected chi connectivity index (χ0v) is 14.6. The molecule has 1 saturated heterocycles. The van der Waals surface area contributed by atoms with Crippen LogP contribution in [-0.2, 0) is 11.0 Å². The van der Waals surface area contributed by atoms with Crippen LogP contribution in [0.5, 0.6) is 0 Å². The molecular formula is C17H24ClF3N2O. The minimum Gasteiger partial charge on any atom is -0.353 e. The summed E-state index contributed by atoms with van der Waals surface area (Å²) in [5, 5.41) is 6.22. The smallest absolute Gasteiger partial charge is 0.353 e. The Hall–Kier alpha value is -1.27. The van der Waals surface area contributed by atoms with Crippen LogP contribution in [0.25, 0.3) is 0 Å². The average Bonchev–Trinajstić information content (AvgIpc) is 2.48. The Morgan fingerprint density at radius 2 is 2.04 bits per heavy atom. The van der Waals surface area contributed by atoms with E-state index >= 15 is 0 Å². The van der Waals surface area contributed by atoms with E-state index in [4.69, 9.17) is 0 Å². The summed E-state index contributed by atoms with van der Waals surface area (Å²) in [5.74, 6) is -0.344. The van der Waals surface area contributed by atoms with E-state index in [1.807, 2.05) is 0 Å². The van der Waals surface area contributed by atoms with Crippen molar-refractivity contribution in [2.45, 2.75) is 44.8 Å². The molecule has 1 aliphatic heterocycles. The summed E-state index contributed by atoms with van der Waals surface area (Å²) in [7, 11) is 0. The Kier molecular flexibility index (Phi) is 7.55. The van der Waals surface area contributed by atoms with Crippen LogP contribution in [0.3, 0.4) is 0 Å². The molecule has 0 saturated carbocycles. The number of carbonyl (C=O) groups excluding carboxylic acids is 1. The number of benzene rings is 1. The molecule has 0 aromatic heterocycles. The average molecular weight is 365 g/mol. The molecule has 1 fully saturated rings. The van der Waals surface area contributed by atoms with Gasteiger partial charge in [-0.3, -0.25) is 4.79 Å². The first-order valence-corrected chi connectivity index (χ1v) is 7.95. The summed E-state index contributed by atoms with van der Waals surface area (Å²) in [4.78, 5) is 12.2. The van der Waals surface area contributed by atoms with Crippen LogP contribution in [-0.4, -0.2) is 25.0 Å². The molecule has 3 atom stereocenters. The first kappa shape index (κ1) is 20.8. The number of hydrogen-bond acceptors (Lipinski definition) is 2. The summed E-state index contributed by atoms with van der Waals surface area (Å²) in [6.45, 7) is 5.41. The first-order chi connectivity index (χ1) is 10.8. The highest BCUT2D eigenvalue weighted by atomic mass is 35.5. The molecule has 3 unspecified atom stereocenters. The molecule has 0 spiro atoms. The summed E-state index contributed by atoms with van der Waals surface area (Å²) < 4.78 is 39.2. The molecule has 1 aromatic carbocycles. The van der Waals surface area contributed by atoms with Gasteiger partial charge in [0.05, 0.1) is 5.56 Å². The molecule has 1 aromatic rings. The number of rotatable bonds is 4. The topological polar surface area (TPSA) is 41.1 Å². The quantitative estimate of drug-likeness (QED) is 0.854. The number of amides is 1. The van der Waals surface area contributed by atoms with E-state index in [1.54, 1.807) is 13.0 Å². The van der Waals surface area contributed by atoms with Gasteiger partial charge in [0.2, 0.25) is 5.91 Å². The SMILES string of the molecule is CC(CC(=O)NC1CCNCC1C)c1ccccc1C(F)(F)F.Cl. The molecule has 2 N–H and O–H groups in total. The maximum atomic E-state index is 13.1. The number of halogens is 4. The number of piperidine rings is 1. The van der Waals surface area contributed by atoms with Gasteiger partial charge >= 0.3 is 6.18 Å². The normalized spacial score (nSPS) is 22.4. The Bertz CT molecular complexity index is 551. The lowest BCUT2D eigenvalue weighted by Gasteiger charge is -2.30. The van der Waals surface area contributed by atoms with E-state index in [0.29, 0.717) is 5.92 Å². The van der Waals surface area contributed by atoms with Crippen LogP contribution < -0.4 is 10.6 Å². The van der Waals surface area contributed by atoms with Crippen LogP contribution >= 0.6 is 12.4 Å². The lowest BCUT2D eigenvalue weighted by atomic mass is 9.91. The first-order valence-electron chi connectivity index (χ1n) is 7.95. The molecule has 0 aliphatic carbocycles. The van der Waals surface area contributed by atoms with Gasteiger partial charge in [-0.05, 0) is 43.0 Å². The van der Waals surface area contributed by atoms with Gasteiger partial charge in [0.25, 0.3) is 0 Å². The second-order valence-electron chi connectivity index (χ2n) is 6.33. The number of nitrogens with one attached hydrogen (secondary N) is 2. The summed E-state index contributed by atoms with van der Waals surface area (Å²) in [6, 6.07) is 5.56. The maximum Gasteiger partial charge on any atom is 0.416 e. The molecule has 0 bridgehead atoms. The van der Waals surface area contributed by atoms with E-state index in [9.17, 15) is 18.0 Å². The number of carbonyl (C=O) groups is 1. The summed E-state index contributed by atoms with van der Waals surface area (Å²) in [5.41, 5.74) is -0.482. The molecule has 24 heavy (non-hydrogen) atoms. The van der Waals surface area contributed by atoms with Gasteiger partial charge in [0.15, 0.2) is 0 Å². The number of hydrogen-bond donors (Lipinski definition) is 2. The van der Waals surface area contributed by atoms with Gasteiger partial charge in [-0.15, -0.1) is 12.4 Å². The molecule has 1 amide bonds. The van der Waals surface area contributed by atoms with Crippen LogP contribution in [0.1, 0.15) is 43.7 Å². The van der Waals surface area contributed by atoms with E-state index in [0.717, 1.165) is 25.6 Å². The van der Waals surface area contributed by atoms with E-state index in [2.05, 4.69) is 17.6 Å². The predicted octanol–water partition coefficient (Wildman–Crippen LogP) is 3.74. The van der Waals surface area contributed by atoms with Gasteiger partial charge in [-0.1, -0.05) is 32.0 Å². The third-order valence-corrected chi connectivity index (χ3v) is 4.42. The van der Waals surface area contributed by atoms with Gasteiger partial charge < -0.3 is 10.6 Å². The second kappa shape index (κ2) is 8.72. The van der Waals surface area contributed by atoms with Crippen molar-refractivity contribution < 1.29 is 18.0 Å². The van der Waals surface area contributed by atoms with Crippen LogP contribution in [0.2, 0.25) is 0 Å². The fraction of sp³-hybridized carbons (Fsp3) is 0.588. The molecule has 1 heterocycles. The highest BCUT2D eigenvalue weighted by molar-refractivity contribution is 5.85. The molecule has 1 aliphatic rings. The molecule has 2 rings (SSSR count). The second-order valence-corrected chi connectivity index (χ2v) is 6.33. The lowest BCUT2D eigenvalue weighted by Crippen LogP contribution is -2.48. The zero-order valence-electron chi connectivity index (χ0n) is 13.8. The van der Waals surface area contributed by atoms with Crippen molar-refractivity contribution in [2.75, 3.05) is 13.1 Å². The van der Waals surface area contributed by atoms with Gasteiger partial charge in [-0.25, -0.2) is 0 Å². The Labute approximate surface area is 146 Å². The van der Waals surface area contributed by atoms with E-state index in [1.165, 1.54) is 12.1 Å². The minimum absolute atomic E-state index is 0. The standard InChI is InChI=1S/C17H23F3N2O.ClH/c1-11(13-5-3-4-6-14(13)17(18,19)20)9-16(23)22-15-7-8-21-10-12(15)2;/h3-6,11-12,15,21H,7-10H2,1-2H3,(H,22,23);1H. The van der Waals surface area contributed by atoms with Crippen molar-refractivity contribution in [3.05, 3.63) is 35.4 Å². The van der Waals surface area contributed by atoms with Gasteiger partial charge in [0, 0.05) is 12.5 Å². The molecule has 7 heteroatoms. The van der Waals surface area contributed by atoms with E-state index in [-0.39, 0.29) is 36.3 Å². The molecule has 3 nitrogen and oxygen atoms in total. The lowest BCUT2D eigenvalue weighted by molar-refractivity contribution is -0.138.